The Hall–Kier alpha value is -2.49. The molecule has 2 nitrogen and oxygen atoms in total. The lowest BCUT2D eigenvalue weighted by Crippen LogP contribution is -2.26. The maximum Gasteiger partial charge on any atom is 0.379 e. The molecule has 0 atom stereocenters. The number of benzene rings is 2. The Morgan fingerprint density at radius 2 is 1.55 bits per heavy atom. The summed E-state index contributed by atoms with van der Waals surface area (Å²) >= 11 is 0. The van der Waals surface area contributed by atoms with Crippen LogP contribution in [0.3, 0.4) is 0 Å². The van der Waals surface area contributed by atoms with E-state index in [-0.39, 0.29) is 5.56 Å². The topological polar surface area (TPSA) is 37.3 Å². The fraction of sp³-hybridized carbons (Fsp3) is 0.0625. The highest BCUT2D eigenvalue weighted by molar-refractivity contribution is 5.81. The molecular formula is C16H12F2O2. The first-order valence-electron chi connectivity index (χ1n) is 5.95. The molecule has 0 saturated heterocycles. The third-order valence-electron chi connectivity index (χ3n) is 2.82. The first kappa shape index (κ1) is 13.9. The van der Waals surface area contributed by atoms with E-state index in [0.29, 0.717) is 0 Å². The summed E-state index contributed by atoms with van der Waals surface area (Å²) in [5.74, 6) is -6.06. The predicted octanol–water partition coefficient (Wildman–Crippen LogP) is 4.03. The molecular weight excluding hydrogens is 262 g/mol. The van der Waals surface area contributed by atoms with Crippen LogP contribution >= 0.6 is 0 Å². The van der Waals surface area contributed by atoms with Crippen molar-refractivity contribution in [3.8, 4) is 0 Å². The molecule has 0 aliphatic heterocycles. The number of carboxylic acid groups (broad SMARTS) is 1. The van der Waals surface area contributed by atoms with E-state index in [9.17, 15) is 13.6 Å². The van der Waals surface area contributed by atoms with E-state index in [1.807, 2.05) is 30.3 Å². The monoisotopic (exact) mass is 274 g/mol. The van der Waals surface area contributed by atoms with Gasteiger partial charge < -0.3 is 5.11 Å². The molecule has 0 aromatic heterocycles. The van der Waals surface area contributed by atoms with E-state index in [1.165, 1.54) is 18.2 Å². The van der Waals surface area contributed by atoms with Crippen LogP contribution in [-0.4, -0.2) is 11.1 Å². The Labute approximate surface area is 115 Å². The maximum atomic E-state index is 13.6. The van der Waals surface area contributed by atoms with Crippen molar-refractivity contribution in [3.63, 3.8) is 0 Å². The number of halogens is 2. The Morgan fingerprint density at radius 1 is 0.950 bits per heavy atom. The van der Waals surface area contributed by atoms with E-state index < -0.39 is 17.5 Å². The van der Waals surface area contributed by atoms with Gasteiger partial charge in [0.1, 0.15) is 0 Å². The van der Waals surface area contributed by atoms with Gasteiger partial charge in [-0.2, -0.15) is 8.78 Å². The third kappa shape index (κ3) is 2.91. The van der Waals surface area contributed by atoms with Crippen molar-refractivity contribution in [1.82, 2.24) is 0 Å². The van der Waals surface area contributed by atoms with Crippen molar-refractivity contribution < 1.29 is 18.7 Å². The molecule has 0 bridgehead atoms. The molecule has 2 aromatic rings. The average Bonchev–Trinajstić information content (AvgIpc) is 2.46. The molecule has 0 spiro atoms. The number of hydrogen-bond acceptors (Lipinski definition) is 1. The second kappa shape index (κ2) is 5.65. The van der Waals surface area contributed by atoms with Gasteiger partial charge in [0.05, 0.1) is 0 Å². The quantitative estimate of drug-likeness (QED) is 0.854. The Balaban J connectivity index is 2.39. The van der Waals surface area contributed by atoms with Crippen molar-refractivity contribution in [3.05, 3.63) is 71.3 Å². The molecule has 0 fully saturated rings. The molecule has 2 rings (SSSR count). The van der Waals surface area contributed by atoms with Crippen molar-refractivity contribution in [2.24, 2.45) is 0 Å². The second-order valence-electron chi connectivity index (χ2n) is 4.21. The first-order valence-corrected chi connectivity index (χ1v) is 5.95. The molecule has 102 valence electrons. The molecule has 0 amide bonds. The summed E-state index contributed by atoms with van der Waals surface area (Å²) in [5, 5.41) is 8.63. The molecule has 0 unspecified atom stereocenters. The van der Waals surface area contributed by atoms with Gasteiger partial charge in [0.2, 0.25) is 0 Å². The Morgan fingerprint density at radius 3 is 2.20 bits per heavy atom. The summed E-state index contributed by atoms with van der Waals surface area (Å²) in [6.07, 6.45) is 3.15. The van der Waals surface area contributed by atoms with Gasteiger partial charge in [0.15, 0.2) is 0 Å². The molecule has 0 saturated carbocycles. The summed E-state index contributed by atoms with van der Waals surface area (Å²) in [7, 11) is 0. The summed E-state index contributed by atoms with van der Waals surface area (Å²) in [6, 6.07) is 14.7. The molecule has 0 radical (unpaired) electrons. The highest BCUT2D eigenvalue weighted by atomic mass is 19.3. The van der Waals surface area contributed by atoms with Crippen molar-refractivity contribution in [2.75, 3.05) is 0 Å². The zero-order valence-corrected chi connectivity index (χ0v) is 10.5. The average molecular weight is 274 g/mol. The molecule has 1 N–H and O–H groups in total. The molecule has 0 aliphatic rings. The van der Waals surface area contributed by atoms with Crippen LogP contribution in [0.2, 0.25) is 0 Å². The summed E-state index contributed by atoms with van der Waals surface area (Å²) < 4.78 is 27.3. The van der Waals surface area contributed by atoms with Gasteiger partial charge in [-0.3, -0.25) is 0 Å². The summed E-state index contributed by atoms with van der Waals surface area (Å²) in [4.78, 5) is 10.7. The standard InChI is InChI=1S/C16H12F2O2/c17-16(18,15(19)20)14-9-5-4-8-13(14)11-10-12-6-2-1-3-7-12/h1-11H,(H,19,20)/b11-10+. The highest BCUT2D eigenvalue weighted by Gasteiger charge is 2.42. The SMILES string of the molecule is O=C(O)C(F)(F)c1ccccc1/C=C/c1ccccc1. The van der Waals surface area contributed by atoms with Gasteiger partial charge in [-0.1, -0.05) is 66.7 Å². The predicted molar refractivity (Wildman–Crippen MR) is 73.3 cm³/mol. The zero-order valence-electron chi connectivity index (χ0n) is 10.5. The number of rotatable bonds is 4. The van der Waals surface area contributed by atoms with Crippen LogP contribution in [0, 0.1) is 0 Å². The van der Waals surface area contributed by atoms with E-state index in [2.05, 4.69) is 0 Å². The largest absolute Gasteiger partial charge is 0.477 e. The number of aliphatic carboxylic acids is 1. The number of carbonyl (C=O) groups is 1. The maximum absolute atomic E-state index is 13.6. The minimum absolute atomic E-state index is 0.184. The van der Waals surface area contributed by atoms with E-state index in [4.69, 9.17) is 5.11 Å². The number of hydrogen-bond donors (Lipinski definition) is 1. The Bertz CT molecular complexity index is 634. The van der Waals surface area contributed by atoms with Crippen molar-refractivity contribution in [1.29, 1.82) is 0 Å². The van der Waals surface area contributed by atoms with Crippen LogP contribution in [0.4, 0.5) is 8.78 Å². The van der Waals surface area contributed by atoms with E-state index in [0.717, 1.165) is 11.6 Å². The van der Waals surface area contributed by atoms with E-state index >= 15 is 0 Å². The van der Waals surface area contributed by atoms with Crippen LogP contribution in [0.5, 0.6) is 0 Å². The van der Waals surface area contributed by atoms with Gasteiger partial charge in [0, 0.05) is 5.56 Å². The fourth-order valence-corrected chi connectivity index (χ4v) is 1.79. The minimum atomic E-state index is -3.91. The van der Waals surface area contributed by atoms with E-state index in [1.54, 1.807) is 12.1 Å². The lowest BCUT2D eigenvalue weighted by molar-refractivity contribution is -0.166. The van der Waals surface area contributed by atoms with Crippen LogP contribution < -0.4 is 0 Å². The number of carboxylic acids is 1. The van der Waals surface area contributed by atoms with Crippen LogP contribution in [0.25, 0.3) is 12.2 Å². The normalized spacial score (nSPS) is 11.7. The van der Waals surface area contributed by atoms with Crippen molar-refractivity contribution >= 4 is 18.1 Å². The Kier molecular flexibility index (Phi) is 3.94. The van der Waals surface area contributed by atoms with Crippen LogP contribution in [0.15, 0.2) is 54.6 Å². The van der Waals surface area contributed by atoms with Crippen LogP contribution in [0.1, 0.15) is 16.7 Å². The second-order valence-corrected chi connectivity index (χ2v) is 4.21. The van der Waals surface area contributed by atoms with Crippen LogP contribution in [-0.2, 0) is 10.7 Å². The van der Waals surface area contributed by atoms with Gasteiger partial charge in [-0.15, -0.1) is 0 Å². The first-order chi connectivity index (χ1) is 9.51. The third-order valence-corrected chi connectivity index (χ3v) is 2.82. The number of alkyl halides is 2. The molecule has 4 heteroatoms. The molecule has 0 heterocycles. The van der Waals surface area contributed by atoms with Gasteiger partial charge in [0.25, 0.3) is 0 Å². The van der Waals surface area contributed by atoms with Gasteiger partial charge in [-0.05, 0) is 11.1 Å². The minimum Gasteiger partial charge on any atom is -0.477 e. The highest BCUT2D eigenvalue weighted by Crippen LogP contribution is 2.31. The zero-order chi connectivity index (χ0) is 14.6. The molecule has 2 aromatic carbocycles. The molecule has 0 aliphatic carbocycles. The fourth-order valence-electron chi connectivity index (χ4n) is 1.79. The van der Waals surface area contributed by atoms with Gasteiger partial charge >= 0.3 is 11.9 Å². The lowest BCUT2D eigenvalue weighted by Gasteiger charge is -2.14. The smallest absolute Gasteiger partial charge is 0.379 e. The lowest BCUT2D eigenvalue weighted by atomic mass is 10.0. The summed E-state index contributed by atoms with van der Waals surface area (Å²) in [6.45, 7) is 0. The summed E-state index contributed by atoms with van der Waals surface area (Å²) in [5.41, 5.74) is 0.518. The van der Waals surface area contributed by atoms with Gasteiger partial charge in [-0.25, -0.2) is 4.79 Å². The van der Waals surface area contributed by atoms with Crippen molar-refractivity contribution in [2.45, 2.75) is 5.92 Å². The molecule has 20 heavy (non-hydrogen) atoms.